The molecular formula is C5H13NO2. The lowest BCUT2D eigenvalue weighted by molar-refractivity contribution is -0.623. The van der Waals surface area contributed by atoms with Gasteiger partial charge in [-0.1, -0.05) is 0 Å². The van der Waals surface area contributed by atoms with Gasteiger partial charge in [-0.25, -0.2) is 0 Å². The third-order valence-corrected chi connectivity index (χ3v) is 0.408. The number of nitrogens with two attached hydrogens (primary N) is 1. The van der Waals surface area contributed by atoms with Gasteiger partial charge in [0.15, 0.2) is 0 Å². The number of carbonyl (C=O) groups is 1. The maximum atomic E-state index is 8.89. The van der Waals surface area contributed by atoms with Crippen molar-refractivity contribution in [2.24, 2.45) is 0 Å². The number of hydrogen-bond acceptors (Lipinski definition) is 2. The predicted molar refractivity (Wildman–Crippen MR) is 29.1 cm³/mol. The van der Waals surface area contributed by atoms with Crippen LogP contribution in [0.4, 0.5) is 0 Å². The topological polar surface area (TPSA) is 56.7 Å². The Kier molecular flexibility index (Phi) is 12.6. The molecule has 2 N–H and O–H groups in total. The van der Waals surface area contributed by atoms with Gasteiger partial charge in [0.25, 0.3) is 0 Å². The van der Waals surface area contributed by atoms with E-state index in [2.05, 4.69) is 19.3 Å². The van der Waals surface area contributed by atoms with Crippen molar-refractivity contribution in [3.8, 4) is 0 Å². The summed E-state index contributed by atoms with van der Waals surface area (Å²) >= 11 is 0. The monoisotopic (exact) mass is 119 g/mol. The fraction of sp³-hybridized carbons (Fsp3) is 0.800. The second kappa shape index (κ2) is 9.66. The van der Waals surface area contributed by atoms with Crippen LogP contribution in [0.15, 0.2) is 0 Å². The molecule has 0 amide bonds. The maximum absolute atomic E-state index is 8.89. The van der Waals surface area contributed by atoms with Crippen LogP contribution in [0, 0.1) is 0 Å². The molecule has 0 heterocycles. The quantitative estimate of drug-likeness (QED) is 0.432. The molecule has 0 unspecified atom stereocenters. The molecule has 0 aromatic carbocycles. The van der Waals surface area contributed by atoms with Crippen molar-refractivity contribution in [3.63, 3.8) is 0 Å². The van der Waals surface area contributed by atoms with E-state index in [0.717, 1.165) is 6.92 Å². The molecule has 50 valence electrons. The summed E-state index contributed by atoms with van der Waals surface area (Å²) in [6.45, 7) is 4.29. The molecule has 0 aliphatic carbocycles. The normalized spacial score (nSPS) is 6.88. The van der Waals surface area contributed by atoms with E-state index < -0.39 is 5.97 Å². The molecule has 0 aliphatic heterocycles. The lowest BCUT2D eigenvalue weighted by Crippen LogP contribution is -2.78. The van der Waals surface area contributed by atoms with Crippen molar-refractivity contribution in [2.75, 3.05) is 13.6 Å². The van der Waals surface area contributed by atoms with E-state index in [4.69, 9.17) is 9.90 Å². The van der Waals surface area contributed by atoms with Gasteiger partial charge in [0.05, 0.1) is 13.6 Å². The fourth-order valence-electron chi connectivity index (χ4n) is 0. The van der Waals surface area contributed by atoms with E-state index in [9.17, 15) is 0 Å². The first-order chi connectivity index (χ1) is 3.65. The zero-order chi connectivity index (χ0) is 6.99. The Bertz CT molecular complexity index is 48.4. The average molecular weight is 119 g/mol. The van der Waals surface area contributed by atoms with E-state index >= 15 is 0 Å². The minimum absolute atomic E-state index is 0.972. The van der Waals surface area contributed by atoms with E-state index in [1.165, 1.54) is 6.54 Å². The molecule has 3 nitrogen and oxygen atoms in total. The number of hydrogen-bond donors (Lipinski definition) is 1. The summed E-state index contributed by atoms with van der Waals surface area (Å²) in [5, 5.41) is 11.0. The summed E-state index contributed by atoms with van der Waals surface area (Å²) < 4.78 is 0. The largest absolute Gasteiger partial charge is 0.550 e. The second-order valence-corrected chi connectivity index (χ2v) is 1.31. The molecule has 0 aliphatic rings. The molecule has 0 saturated heterocycles. The van der Waals surface area contributed by atoms with Crippen LogP contribution < -0.4 is 10.4 Å². The van der Waals surface area contributed by atoms with Gasteiger partial charge in [-0.05, 0) is 13.8 Å². The van der Waals surface area contributed by atoms with Crippen LogP contribution in [0.2, 0.25) is 0 Å². The summed E-state index contributed by atoms with van der Waals surface area (Å²) in [4.78, 5) is 8.89. The Morgan fingerprint density at radius 3 is 1.88 bits per heavy atom. The zero-order valence-corrected chi connectivity index (χ0v) is 5.60. The summed E-state index contributed by atoms with van der Waals surface area (Å²) in [6.07, 6.45) is 0. The van der Waals surface area contributed by atoms with Crippen molar-refractivity contribution >= 4 is 5.97 Å². The molecule has 3 heteroatoms. The van der Waals surface area contributed by atoms with Gasteiger partial charge in [-0.15, -0.1) is 0 Å². The Morgan fingerprint density at radius 2 is 1.88 bits per heavy atom. The highest BCUT2D eigenvalue weighted by Gasteiger charge is 1.54. The van der Waals surface area contributed by atoms with E-state index in [1.807, 2.05) is 0 Å². The number of aliphatic carboxylic acids is 1. The Hall–Kier alpha value is -0.570. The van der Waals surface area contributed by atoms with Crippen LogP contribution in [0.3, 0.4) is 0 Å². The highest BCUT2D eigenvalue weighted by molar-refractivity contribution is 5.60. The first-order valence-corrected chi connectivity index (χ1v) is 2.60. The van der Waals surface area contributed by atoms with E-state index in [0.29, 0.717) is 0 Å². The molecule has 0 aromatic rings. The molecular weight excluding hydrogens is 106 g/mol. The predicted octanol–water partition coefficient (Wildman–Crippen LogP) is -2.04. The molecule has 8 heavy (non-hydrogen) atoms. The summed E-state index contributed by atoms with van der Waals surface area (Å²) in [6, 6.07) is 0. The van der Waals surface area contributed by atoms with Crippen LogP contribution in [0.5, 0.6) is 0 Å². The third-order valence-electron chi connectivity index (χ3n) is 0.408. The SMILES string of the molecule is CC(=O)[O-].CC[NH2+]C. The maximum Gasteiger partial charge on any atom is 0.0724 e. The Balaban J connectivity index is 0. The highest BCUT2D eigenvalue weighted by Crippen LogP contribution is 1.31. The van der Waals surface area contributed by atoms with Crippen LogP contribution in [-0.2, 0) is 4.79 Å². The molecule has 0 saturated carbocycles. The van der Waals surface area contributed by atoms with Crippen LogP contribution in [-0.4, -0.2) is 19.6 Å². The summed E-state index contributed by atoms with van der Waals surface area (Å²) in [7, 11) is 2.06. The molecule has 0 spiro atoms. The van der Waals surface area contributed by atoms with Gasteiger partial charge in [0.2, 0.25) is 0 Å². The van der Waals surface area contributed by atoms with Crippen molar-refractivity contribution in [1.82, 2.24) is 0 Å². The van der Waals surface area contributed by atoms with Crippen molar-refractivity contribution in [2.45, 2.75) is 13.8 Å². The minimum Gasteiger partial charge on any atom is -0.550 e. The van der Waals surface area contributed by atoms with Gasteiger partial charge in [0, 0.05) is 5.97 Å². The van der Waals surface area contributed by atoms with Gasteiger partial charge in [0.1, 0.15) is 0 Å². The van der Waals surface area contributed by atoms with E-state index in [1.54, 1.807) is 0 Å². The van der Waals surface area contributed by atoms with Gasteiger partial charge < -0.3 is 15.2 Å². The first kappa shape index (κ1) is 10.4. The van der Waals surface area contributed by atoms with Crippen molar-refractivity contribution < 1.29 is 15.2 Å². The zero-order valence-electron chi connectivity index (χ0n) is 5.60. The average Bonchev–Trinajstić information content (AvgIpc) is 1.65. The molecule has 0 radical (unpaired) electrons. The first-order valence-electron chi connectivity index (χ1n) is 2.60. The van der Waals surface area contributed by atoms with E-state index in [-0.39, 0.29) is 0 Å². The lowest BCUT2D eigenvalue weighted by atomic mass is 10.8. The summed E-state index contributed by atoms with van der Waals surface area (Å²) in [5.74, 6) is -1.08. The van der Waals surface area contributed by atoms with Gasteiger partial charge in [-0.2, -0.15) is 0 Å². The van der Waals surface area contributed by atoms with Gasteiger partial charge >= 0.3 is 0 Å². The molecule has 0 atom stereocenters. The second-order valence-electron chi connectivity index (χ2n) is 1.31. The van der Waals surface area contributed by atoms with Crippen molar-refractivity contribution in [1.29, 1.82) is 0 Å². The number of carbonyl (C=O) groups excluding carboxylic acids is 1. The van der Waals surface area contributed by atoms with Crippen LogP contribution in [0.1, 0.15) is 13.8 Å². The van der Waals surface area contributed by atoms with Gasteiger partial charge in [-0.3, -0.25) is 0 Å². The number of quaternary nitrogens is 1. The molecule has 0 aromatic heterocycles. The Labute approximate surface area is 49.7 Å². The highest BCUT2D eigenvalue weighted by atomic mass is 16.4. The molecule has 0 rings (SSSR count). The molecule has 0 bridgehead atoms. The summed E-state index contributed by atoms with van der Waals surface area (Å²) in [5.41, 5.74) is 0. The lowest BCUT2D eigenvalue weighted by Gasteiger charge is -1.77. The number of rotatable bonds is 1. The van der Waals surface area contributed by atoms with Crippen LogP contribution >= 0.6 is 0 Å². The standard InChI is InChI=1S/C3H9N.C2H4O2/c1-3-4-2;1-2(3)4/h4H,3H2,1-2H3;1H3,(H,3,4). The fourth-order valence-corrected chi connectivity index (χ4v) is 0. The smallest absolute Gasteiger partial charge is 0.0724 e. The van der Waals surface area contributed by atoms with Crippen LogP contribution in [0.25, 0.3) is 0 Å². The number of carboxylic acid groups (broad SMARTS) is 1. The minimum atomic E-state index is -1.08. The Morgan fingerprint density at radius 1 is 1.75 bits per heavy atom. The third kappa shape index (κ3) is 576. The molecule has 0 fully saturated rings. The number of carboxylic acids is 1. The van der Waals surface area contributed by atoms with Crippen molar-refractivity contribution in [3.05, 3.63) is 0 Å².